The predicted octanol–water partition coefficient (Wildman–Crippen LogP) is 1.45. The third kappa shape index (κ3) is 2.11. The number of aryl methyl sites for hydroxylation is 2. The Morgan fingerprint density at radius 3 is 2.54 bits per heavy atom. The van der Waals surface area contributed by atoms with Crippen LogP contribution < -0.4 is 5.73 Å². The van der Waals surface area contributed by atoms with Crippen molar-refractivity contribution in [1.29, 1.82) is 0 Å². The van der Waals surface area contributed by atoms with E-state index in [1.807, 2.05) is 20.8 Å². The Balaban J connectivity index is 2.98. The second kappa shape index (κ2) is 3.52. The fourth-order valence-corrected chi connectivity index (χ4v) is 1.69. The molecule has 13 heavy (non-hydrogen) atoms. The third-order valence-electron chi connectivity index (χ3n) is 2.21. The first kappa shape index (κ1) is 10.3. The topological polar surface area (TPSA) is 51.0 Å². The summed E-state index contributed by atoms with van der Waals surface area (Å²) >= 11 is 0. The van der Waals surface area contributed by atoms with Crippen LogP contribution in [0.3, 0.4) is 0 Å². The Morgan fingerprint density at radius 2 is 2.15 bits per heavy atom. The first-order chi connectivity index (χ1) is 5.97. The molecular weight excluding hydrogens is 164 g/mol. The normalized spacial score (nSPS) is 15.8. The minimum atomic E-state index is -0.399. The van der Waals surface area contributed by atoms with E-state index in [9.17, 15) is 0 Å². The monoisotopic (exact) mass is 182 g/mol. The Morgan fingerprint density at radius 1 is 1.54 bits per heavy atom. The van der Waals surface area contributed by atoms with E-state index in [1.54, 1.807) is 7.11 Å². The van der Waals surface area contributed by atoms with Crippen molar-refractivity contribution in [2.24, 2.45) is 5.73 Å². The number of hydrogen-bond donors (Lipinski definition) is 2. The summed E-state index contributed by atoms with van der Waals surface area (Å²) in [6, 6.07) is 2.08. The number of rotatable bonds is 3. The van der Waals surface area contributed by atoms with Crippen LogP contribution in [0.25, 0.3) is 0 Å². The maximum Gasteiger partial charge on any atom is 0.0682 e. The van der Waals surface area contributed by atoms with E-state index in [4.69, 9.17) is 10.5 Å². The van der Waals surface area contributed by atoms with Gasteiger partial charge < -0.3 is 15.5 Å². The van der Waals surface area contributed by atoms with E-state index in [-0.39, 0.29) is 0 Å². The van der Waals surface area contributed by atoms with Crippen LogP contribution in [0.4, 0.5) is 0 Å². The molecule has 74 valence electrons. The summed E-state index contributed by atoms with van der Waals surface area (Å²) in [5.74, 6) is 0. The van der Waals surface area contributed by atoms with Crippen molar-refractivity contribution in [2.75, 3.05) is 13.7 Å². The average molecular weight is 182 g/mol. The van der Waals surface area contributed by atoms with Gasteiger partial charge in [-0.3, -0.25) is 0 Å². The molecule has 0 aliphatic rings. The van der Waals surface area contributed by atoms with Crippen molar-refractivity contribution in [3.8, 4) is 0 Å². The highest BCUT2D eigenvalue weighted by atomic mass is 16.5. The molecule has 3 N–H and O–H groups in total. The molecule has 0 spiro atoms. The lowest BCUT2D eigenvalue weighted by Crippen LogP contribution is -2.38. The number of H-pyrrole nitrogens is 1. The minimum Gasteiger partial charge on any atom is -0.382 e. The Bertz CT molecular complexity index is 289. The molecule has 0 radical (unpaired) electrons. The highest BCUT2D eigenvalue weighted by Gasteiger charge is 2.24. The number of aromatic nitrogens is 1. The van der Waals surface area contributed by atoms with Gasteiger partial charge in [-0.2, -0.15) is 0 Å². The maximum absolute atomic E-state index is 6.12. The van der Waals surface area contributed by atoms with Crippen molar-refractivity contribution in [3.05, 3.63) is 23.0 Å². The molecule has 0 aliphatic carbocycles. The molecule has 0 saturated heterocycles. The number of methoxy groups -OCH3 is 1. The van der Waals surface area contributed by atoms with Gasteiger partial charge in [-0.15, -0.1) is 0 Å². The summed E-state index contributed by atoms with van der Waals surface area (Å²) in [4.78, 5) is 3.24. The van der Waals surface area contributed by atoms with Gasteiger partial charge in [0.05, 0.1) is 12.1 Å². The molecule has 1 unspecified atom stereocenters. The number of aromatic amines is 1. The minimum absolute atomic E-state index is 0.399. The smallest absolute Gasteiger partial charge is 0.0682 e. The van der Waals surface area contributed by atoms with Crippen LogP contribution in [-0.4, -0.2) is 18.7 Å². The van der Waals surface area contributed by atoms with Gasteiger partial charge in [-0.25, -0.2) is 0 Å². The van der Waals surface area contributed by atoms with Gasteiger partial charge in [0, 0.05) is 18.5 Å². The SMILES string of the molecule is COCC(C)(N)c1cc(C)[nH]c1C. The van der Waals surface area contributed by atoms with Gasteiger partial charge in [0.15, 0.2) is 0 Å². The fraction of sp³-hybridized carbons (Fsp3) is 0.600. The number of nitrogens with one attached hydrogen (secondary N) is 1. The van der Waals surface area contributed by atoms with Crippen molar-refractivity contribution in [3.63, 3.8) is 0 Å². The number of nitrogens with two attached hydrogens (primary N) is 1. The fourth-order valence-electron chi connectivity index (χ4n) is 1.69. The molecule has 3 heteroatoms. The molecule has 1 aromatic heterocycles. The highest BCUT2D eigenvalue weighted by Crippen LogP contribution is 2.22. The van der Waals surface area contributed by atoms with Gasteiger partial charge in [0.1, 0.15) is 0 Å². The molecule has 0 aromatic carbocycles. The second-order valence-corrected chi connectivity index (χ2v) is 3.84. The zero-order chi connectivity index (χ0) is 10.1. The lowest BCUT2D eigenvalue weighted by Gasteiger charge is -2.23. The van der Waals surface area contributed by atoms with Crippen molar-refractivity contribution in [2.45, 2.75) is 26.3 Å². The molecule has 1 aromatic rings. The molecule has 0 bridgehead atoms. The standard InChI is InChI=1S/C10H18N2O/c1-7-5-9(8(2)12-7)10(3,11)6-13-4/h5,12H,6,11H2,1-4H3. The predicted molar refractivity (Wildman–Crippen MR) is 53.7 cm³/mol. The summed E-state index contributed by atoms with van der Waals surface area (Å²) in [5.41, 5.74) is 9.11. The van der Waals surface area contributed by atoms with Crippen LogP contribution in [0.2, 0.25) is 0 Å². The Hall–Kier alpha value is -0.800. The summed E-state index contributed by atoms with van der Waals surface area (Å²) < 4.78 is 5.09. The average Bonchev–Trinajstić information content (AvgIpc) is 2.30. The van der Waals surface area contributed by atoms with Gasteiger partial charge in [0.25, 0.3) is 0 Å². The van der Waals surface area contributed by atoms with Gasteiger partial charge >= 0.3 is 0 Å². The highest BCUT2D eigenvalue weighted by molar-refractivity contribution is 5.31. The van der Waals surface area contributed by atoms with E-state index < -0.39 is 5.54 Å². The lowest BCUT2D eigenvalue weighted by molar-refractivity contribution is 0.141. The third-order valence-corrected chi connectivity index (χ3v) is 2.21. The van der Waals surface area contributed by atoms with E-state index in [1.165, 1.54) is 0 Å². The summed E-state index contributed by atoms with van der Waals surface area (Å²) in [6.45, 7) is 6.57. The molecule has 3 nitrogen and oxygen atoms in total. The van der Waals surface area contributed by atoms with Crippen LogP contribution in [0.15, 0.2) is 6.07 Å². The Labute approximate surface area is 79.3 Å². The Kier molecular flexibility index (Phi) is 2.78. The van der Waals surface area contributed by atoms with Crippen LogP contribution in [0.1, 0.15) is 23.9 Å². The summed E-state index contributed by atoms with van der Waals surface area (Å²) in [6.07, 6.45) is 0. The molecule has 1 rings (SSSR count). The van der Waals surface area contributed by atoms with Gasteiger partial charge in [-0.1, -0.05) is 0 Å². The van der Waals surface area contributed by atoms with Crippen molar-refractivity contribution in [1.82, 2.24) is 4.98 Å². The quantitative estimate of drug-likeness (QED) is 0.743. The lowest BCUT2D eigenvalue weighted by atomic mass is 9.94. The molecular formula is C10H18N2O. The van der Waals surface area contributed by atoms with Crippen molar-refractivity contribution < 1.29 is 4.74 Å². The summed E-state index contributed by atoms with van der Waals surface area (Å²) in [7, 11) is 1.67. The second-order valence-electron chi connectivity index (χ2n) is 3.84. The van der Waals surface area contributed by atoms with Crippen LogP contribution in [0.5, 0.6) is 0 Å². The van der Waals surface area contributed by atoms with Crippen molar-refractivity contribution >= 4 is 0 Å². The zero-order valence-electron chi connectivity index (χ0n) is 8.77. The zero-order valence-corrected chi connectivity index (χ0v) is 8.77. The van der Waals surface area contributed by atoms with Crippen LogP contribution >= 0.6 is 0 Å². The molecule has 1 heterocycles. The first-order valence-corrected chi connectivity index (χ1v) is 4.42. The van der Waals surface area contributed by atoms with Gasteiger partial charge in [0.2, 0.25) is 0 Å². The maximum atomic E-state index is 6.12. The molecule has 0 saturated carbocycles. The molecule has 1 atom stereocenters. The van der Waals surface area contributed by atoms with Crippen LogP contribution in [-0.2, 0) is 10.3 Å². The van der Waals surface area contributed by atoms with Gasteiger partial charge in [-0.05, 0) is 32.4 Å². The number of hydrogen-bond acceptors (Lipinski definition) is 2. The summed E-state index contributed by atoms with van der Waals surface area (Å²) in [5, 5.41) is 0. The van der Waals surface area contributed by atoms with Crippen LogP contribution in [0, 0.1) is 13.8 Å². The van der Waals surface area contributed by atoms with E-state index in [2.05, 4.69) is 11.1 Å². The van der Waals surface area contributed by atoms with E-state index in [0.29, 0.717) is 6.61 Å². The largest absolute Gasteiger partial charge is 0.382 e. The van der Waals surface area contributed by atoms with E-state index in [0.717, 1.165) is 17.0 Å². The number of ether oxygens (including phenoxy) is 1. The molecule has 0 fully saturated rings. The van der Waals surface area contributed by atoms with E-state index >= 15 is 0 Å². The first-order valence-electron chi connectivity index (χ1n) is 4.42. The molecule has 0 aliphatic heterocycles. The molecule has 0 amide bonds.